The van der Waals surface area contributed by atoms with E-state index >= 15 is 0 Å². The van der Waals surface area contributed by atoms with E-state index in [2.05, 4.69) is 30.4 Å². The second-order valence-electron chi connectivity index (χ2n) is 8.98. The average molecular weight is 579 g/mol. The lowest BCUT2D eigenvalue weighted by Gasteiger charge is -2.16. The number of ether oxygens (including phenoxy) is 2. The summed E-state index contributed by atoms with van der Waals surface area (Å²) >= 11 is 6.16. The maximum absolute atomic E-state index is 13.0. The molecule has 1 atom stereocenters. The minimum Gasteiger partial charge on any atom is -0.493 e. The third-order valence-electron chi connectivity index (χ3n) is 6.13. The van der Waals surface area contributed by atoms with Crippen LogP contribution in [-0.2, 0) is 9.53 Å². The third-order valence-corrected chi connectivity index (χ3v) is 6.36. The van der Waals surface area contributed by atoms with Gasteiger partial charge in [0.05, 0.1) is 37.3 Å². The molecule has 4 rings (SSSR count). The van der Waals surface area contributed by atoms with Crippen LogP contribution in [0.1, 0.15) is 36.7 Å². The molecule has 2 amide bonds. The molecule has 0 radical (unpaired) electrons. The van der Waals surface area contributed by atoms with Crippen molar-refractivity contribution in [1.82, 2.24) is 15.3 Å². The van der Waals surface area contributed by atoms with Gasteiger partial charge in [-0.1, -0.05) is 23.8 Å². The van der Waals surface area contributed by atoms with E-state index in [1.165, 1.54) is 24.5 Å². The first kappa shape index (κ1) is 29.2. The lowest BCUT2D eigenvalue weighted by Crippen LogP contribution is -2.30. The van der Waals surface area contributed by atoms with E-state index in [9.17, 15) is 9.59 Å². The Morgan fingerprint density at radius 2 is 2.12 bits per heavy atom. The number of carbonyl (C=O) groups excluding carboxylic acids is 2. The van der Waals surface area contributed by atoms with Crippen LogP contribution < -0.4 is 32.1 Å². The number of halogens is 1. The van der Waals surface area contributed by atoms with Crippen molar-refractivity contribution in [3.8, 4) is 17.0 Å². The van der Waals surface area contributed by atoms with E-state index in [4.69, 9.17) is 28.0 Å². The van der Waals surface area contributed by atoms with Gasteiger partial charge in [0.25, 0.3) is 0 Å². The highest BCUT2D eigenvalue weighted by atomic mass is 35.5. The van der Waals surface area contributed by atoms with Crippen LogP contribution in [-0.4, -0.2) is 42.0 Å². The topological polar surface area (TPSA) is 173 Å². The summed E-state index contributed by atoms with van der Waals surface area (Å²) < 4.78 is 10.7. The molecule has 0 saturated heterocycles. The van der Waals surface area contributed by atoms with E-state index < -0.39 is 12.1 Å². The predicted octanol–water partition coefficient (Wildman–Crippen LogP) is 4.48. The maximum atomic E-state index is 13.0. The fourth-order valence-corrected chi connectivity index (χ4v) is 4.33. The number of methoxy groups -OCH3 is 1. The first-order valence-electron chi connectivity index (χ1n) is 12.8. The number of nitrogens with two attached hydrogens (primary N) is 2. The Kier molecular flexibility index (Phi) is 9.97. The fourth-order valence-electron chi connectivity index (χ4n) is 4.15. The zero-order valence-electron chi connectivity index (χ0n) is 22.3. The lowest BCUT2D eigenvalue weighted by molar-refractivity contribution is -0.117. The number of hydrazine groups is 1. The summed E-state index contributed by atoms with van der Waals surface area (Å²) in [5, 5.41) is 10.8. The monoisotopic (exact) mass is 578 g/mol. The Balaban J connectivity index is 1.58. The van der Waals surface area contributed by atoms with Crippen LogP contribution in [0.15, 0.2) is 65.9 Å². The molecule has 0 aliphatic carbocycles. The van der Waals surface area contributed by atoms with Crippen molar-refractivity contribution in [2.45, 2.75) is 25.3 Å². The molecule has 1 aliphatic heterocycles. The highest BCUT2D eigenvalue weighted by molar-refractivity contribution is 6.30. The molecule has 3 aromatic rings. The van der Waals surface area contributed by atoms with Crippen LogP contribution in [0, 0.1) is 0 Å². The number of anilines is 2. The van der Waals surface area contributed by atoms with Crippen LogP contribution in [0.2, 0.25) is 5.02 Å². The minimum atomic E-state index is -0.576. The number of hydrogen-bond acceptors (Lipinski definition) is 8. The molecule has 2 aromatic carbocycles. The summed E-state index contributed by atoms with van der Waals surface area (Å²) in [4.78, 5) is 32.6. The van der Waals surface area contributed by atoms with E-state index in [-0.39, 0.29) is 5.91 Å². The number of aromatic nitrogens is 2. The number of aromatic amines is 1. The van der Waals surface area contributed by atoms with E-state index in [0.717, 1.165) is 18.4 Å². The summed E-state index contributed by atoms with van der Waals surface area (Å²) in [7, 11) is 1.30. The summed E-state index contributed by atoms with van der Waals surface area (Å²) in [6.07, 6.45) is 11.5. The molecule has 0 unspecified atom stereocenters. The number of nitrogens with zero attached hydrogens (tertiary/aromatic N) is 3. The van der Waals surface area contributed by atoms with Gasteiger partial charge in [0.1, 0.15) is 17.9 Å². The predicted molar refractivity (Wildman–Crippen MR) is 159 cm³/mol. The molecular formula is C28H31ClN8O4. The molecule has 0 spiro atoms. The Morgan fingerprint density at radius 1 is 1.27 bits per heavy atom. The smallest absolute Gasteiger partial charge is 0.411 e. The van der Waals surface area contributed by atoms with Gasteiger partial charge in [-0.3, -0.25) is 15.1 Å². The van der Waals surface area contributed by atoms with Crippen LogP contribution in [0.3, 0.4) is 0 Å². The Hall–Kier alpha value is -4.81. The number of carbonyl (C=O) groups is 2. The molecule has 13 heteroatoms. The molecule has 0 fully saturated rings. The molecule has 1 aromatic heterocycles. The molecule has 7 N–H and O–H groups in total. The Morgan fingerprint density at radius 3 is 2.93 bits per heavy atom. The van der Waals surface area contributed by atoms with Gasteiger partial charge in [-0.25, -0.2) is 15.6 Å². The number of rotatable bonds is 6. The number of H-pyrrole nitrogens is 1. The maximum Gasteiger partial charge on any atom is 0.411 e. The number of amides is 2. The number of hydrazone groups is 1. The first-order valence-corrected chi connectivity index (χ1v) is 13.1. The highest BCUT2D eigenvalue weighted by Crippen LogP contribution is 2.33. The highest BCUT2D eigenvalue weighted by Gasteiger charge is 2.19. The second kappa shape index (κ2) is 14.0. The number of imidazole rings is 1. The van der Waals surface area contributed by atoms with Crippen LogP contribution in [0.25, 0.3) is 17.3 Å². The quantitative estimate of drug-likeness (QED) is 0.0710. The summed E-state index contributed by atoms with van der Waals surface area (Å²) in [5.41, 5.74) is 3.15. The zero-order valence-corrected chi connectivity index (χ0v) is 23.1. The second-order valence-corrected chi connectivity index (χ2v) is 9.41. The average Bonchev–Trinajstić information content (AvgIpc) is 3.45. The van der Waals surface area contributed by atoms with Crippen LogP contribution in [0.4, 0.5) is 16.2 Å². The number of benzene rings is 2. The number of hydrogen-bond donors (Lipinski definition) is 5. The number of fused-ring (bicyclic) bond motifs is 4. The van der Waals surface area contributed by atoms with Gasteiger partial charge >= 0.3 is 6.09 Å². The summed E-state index contributed by atoms with van der Waals surface area (Å²) in [6.45, 7) is 0.480. The lowest BCUT2D eigenvalue weighted by atomic mass is 10.1. The van der Waals surface area contributed by atoms with Gasteiger partial charge in [0.2, 0.25) is 5.91 Å². The van der Waals surface area contributed by atoms with Crippen molar-refractivity contribution >= 4 is 47.4 Å². The largest absolute Gasteiger partial charge is 0.493 e. The van der Waals surface area contributed by atoms with Crippen molar-refractivity contribution in [1.29, 1.82) is 0 Å². The molecule has 214 valence electrons. The number of nitrogens with one attached hydrogen (secondary N) is 3. The van der Waals surface area contributed by atoms with Crippen molar-refractivity contribution in [2.24, 2.45) is 16.8 Å². The van der Waals surface area contributed by atoms with Crippen LogP contribution >= 0.6 is 11.6 Å². The molecule has 41 heavy (non-hydrogen) atoms. The summed E-state index contributed by atoms with van der Waals surface area (Å²) in [5.74, 6) is 12.0. The molecule has 0 saturated carbocycles. The van der Waals surface area contributed by atoms with Gasteiger partial charge in [-0.15, -0.1) is 0 Å². The standard InChI is InChI=1S/C28H31ClN8O4/c1-40-28(39)34-20-9-10-21-23-16-32-27(36-23)22(6-4-2-3-5-13-41-25(21)15-20)35-26(38)12-7-18-14-19(29)8-11-24(18)37(31)17-33-30/h2,4,7-12,14-17,22H,3,5-6,13,30-31H2,1H3,(H,32,36)(H,34,39)(H,35,38)/b4-2-,12-7+,33-17-/t22-/m0/s1. The Labute approximate surface area is 242 Å². The molecule has 2 bridgehead atoms. The van der Waals surface area contributed by atoms with Gasteiger partial charge in [-0.2, -0.15) is 5.10 Å². The van der Waals surface area contributed by atoms with Gasteiger partial charge in [0, 0.05) is 34.0 Å². The van der Waals surface area contributed by atoms with E-state index in [0.29, 0.717) is 52.3 Å². The third kappa shape index (κ3) is 7.87. The normalized spacial score (nSPS) is 16.0. The van der Waals surface area contributed by atoms with Crippen molar-refractivity contribution in [3.05, 3.63) is 77.2 Å². The van der Waals surface area contributed by atoms with E-state index in [1.54, 1.807) is 42.6 Å². The Bertz CT molecular complexity index is 1470. The number of allylic oxidation sites excluding steroid dienone is 1. The molecule has 12 nitrogen and oxygen atoms in total. The van der Waals surface area contributed by atoms with E-state index in [1.807, 2.05) is 18.2 Å². The summed E-state index contributed by atoms with van der Waals surface area (Å²) in [6, 6.07) is 9.92. The van der Waals surface area contributed by atoms with Crippen molar-refractivity contribution in [2.75, 3.05) is 24.0 Å². The van der Waals surface area contributed by atoms with Gasteiger partial charge in [-0.05, 0) is 55.7 Å². The molecule has 1 aliphatic rings. The molecule has 2 heterocycles. The SMILES string of the molecule is COC(=O)Nc1ccc2c(c1)OCCC/C=C\C[C@H](NC(=O)/C=C/c1cc(Cl)ccc1N(N)/C=N\N)c1ncc-2[nH]1. The first-order chi connectivity index (χ1) is 19.9. The van der Waals surface area contributed by atoms with Gasteiger partial charge in [0.15, 0.2) is 0 Å². The minimum absolute atomic E-state index is 0.338. The fraction of sp³-hybridized carbons (Fsp3) is 0.214. The molecular weight excluding hydrogens is 548 g/mol. The van der Waals surface area contributed by atoms with Crippen molar-refractivity contribution in [3.63, 3.8) is 0 Å². The zero-order chi connectivity index (χ0) is 29.2. The van der Waals surface area contributed by atoms with Crippen LogP contribution in [0.5, 0.6) is 5.75 Å². The van der Waals surface area contributed by atoms with Crippen molar-refractivity contribution < 1.29 is 19.1 Å². The van der Waals surface area contributed by atoms with Gasteiger partial charge < -0.3 is 25.6 Å².